The van der Waals surface area contributed by atoms with E-state index >= 15 is 0 Å². The molecule has 0 saturated heterocycles. The predicted molar refractivity (Wildman–Crippen MR) is 96.2 cm³/mol. The number of H-pyrrole nitrogens is 3. The van der Waals surface area contributed by atoms with Gasteiger partial charge in [-0.3, -0.25) is 4.99 Å². The smallest absolute Gasteiger partial charge is 0.0654 e. The van der Waals surface area contributed by atoms with Crippen molar-refractivity contribution in [3.8, 4) is 0 Å². The molecule has 0 aliphatic carbocycles. The molecule has 2 aliphatic heterocycles. The van der Waals surface area contributed by atoms with Crippen LogP contribution < -0.4 is 0 Å². The zero-order chi connectivity index (χ0) is 15.9. The Kier molecular flexibility index (Phi) is 2.95. The summed E-state index contributed by atoms with van der Waals surface area (Å²) >= 11 is 0. The normalized spacial score (nSPS) is 18.3. The molecule has 8 bridgehead atoms. The van der Waals surface area contributed by atoms with Gasteiger partial charge in [0.2, 0.25) is 0 Å². The van der Waals surface area contributed by atoms with Crippen molar-refractivity contribution in [3.05, 3.63) is 88.4 Å². The third-order valence-corrected chi connectivity index (χ3v) is 4.54. The van der Waals surface area contributed by atoms with Gasteiger partial charge in [-0.2, -0.15) is 0 Å². The Morgan fingerprint density at radius 3 is 1.92 bits per heavy atom. The lowest BCUT2D eigenvalue weighted by Crippen LogP contribution is -1.98. The van der Waals surface area contributed by atoms with Crippen LogP contribution in [0.5, 0.6) is 0 Å². The van der Waals surface area contributed by atoms with Crippen molar-refractivity contribution in [2.24, 2.45) is 4.99 Å². The maximum atomic E-state index is 4.72. The molecule has 2 aliphatic rings. The van der Waals surface area contributed by atoms with E-state index in [9.17, 15) is 0 Å². The van der Waals surface area contributed by atoms with E-state index in [0.29, 0.717) is 0 Å². The fourth-order valence-corrected chi connectivity index (χ4v) is 3.41. The van der Waals surface area contributed by atoms with Crippen molar-refractivity contribution in [2.45, 2.75) is 19.3 Å². The molecule has 5 rings (SSSR count). The van der Waals surface area contributed by atoms with Crippen molar-refractivity contribution in [1.82, 2.24) is 15.0 Å². The molecule has 24 heavy (non-hydrogen) atoms. The summed E-state index contributed by atoms with van der Waals surface area (Å²) in [6, 6.07) is 12.9. The van der Waals surface area contributed by atoms with Crippen LogP contribution in [0.4, 0.5) is 0 Å². The van der Waals surface area contributed by atoms with Gasteiger partial charge in [-0.05, 0) is 54.6 Å². The van der Waals surface area contributed by atoms with Gasteiger partial charge in [-0.1, -0.05) is 0 Å². The Labute approximate surface area is 140 Å². The van der Waals surface area contributed by atoms with Crippen molar-refractivity contribution in [1.29, 1.82) is 0 Å². The average molecular weight is 314 g/mol. The van der Waals surface area contributed by atoms with Crippen LogP contribution in [0.2, 0.25) is 0 Å². The van der Waals surface area contributed by atoms with Crippen LogP contribution in [0.25, 0.3) is 6.08 Å². The Bertz CT molecular complexity index is 990. The standard InChI is InChI=1S/C20H18N4/c1-2-14-10-16-5-6-18(23-16)12-20-8-7-19(24-20)11-17-4-3-15(22-17)9-13(1)21-14/h1-9,21,23-24H,10-12H2/b15-9-. The van der Waals surface area contributed by atoms with Gasteiger partial charge in [0.25, 0.3) is 0 Å². The number of aromatic nitrogens is 3. The van der Waals surface area contributed by atoms with Crippen LogP contribution in [0, 0.1) is 0 Å². The Hall–Kier alpha value is -3.01. The van der Waals surface area contributed by atoms with Crippen molar-refractivity contribution in [3.63, 3.8) is 0 Å². The van der Waals surface area contributed by atoms with Crippen LogP contribution in [0.15, 0.2) is 59.2 Å². The lowest BCUT2D eigenvalue weighted by atomic mass is 10.2. The van der Waals surface area contributed by atoms with E-state index in [-0.39, 0.29) is 0 Å². The molecule has 0 unspecified atom stereocenters. The van der Waals surface area contributed by atoms with Gasteiger partial charge >= 0.3 is 0 Å². The number of hydrogen-bond donors (Lipinski definition) is 3. The van der Waals surface area contributed by atoms with Crippen LogP contribution in [0.3, 0.4) is 0 Å². The highest BCUT2D eigenvalue weighted by molar-refractivity contribution is 6.00. The maximum absolute atomic E-state index is 4.72. The molecule has 5 heterocycles. The van der Waals surface area contributed by atoms with E-state index in [1.54, 1.807) is 0 Å². The number of aliphatic imine (C=N–C) groups is 1. The van der Waals surface area contributed by atoms with Gasteiger partial charge in [0, 0.05) is 59.1 Å². The fourth-order valence-electron chi connectivity index (χ4n) is 3.41. The molecular weight excluding hydrogens is 296 g/mol. The third kappa shape index (κ3) is 2.56. The molecular formula is C20H18N4. The largest absolute Gasteiger partial charge is 0.362 e. The fraction of sp³-hybridized carbons (Fsp3) is 0.150. The zero-order valence-corrected chi connectivity index (χ0v) is 13.3. The van der Waals surface area contributed by atoms with E-state index in [1.165, 1.54) is 28.5 Å². The monoisotopic (exact) mass is 314 g/mol. The molecule has 0 radical (unpaired) electrons. The zero-order valence-electron chi connectivity index (χ0n) is 13.3. The summed E-state index contributed by atoms with van der Waals surface area (Å²) in [6.07, 6.45) is 8.88. The third-order valence-electron chi connectivity index (χ3n) is 4.54. The van der Waals surface area contributed by atoms with E-state index in [0.717, 1.165) is 36.4 Å². The minimum atomic E-state index is 0.833. The van der Waals surface area contributed by atoms with Gasteiger partial charge in [0.1, 0.15) is 0 Å². The number of hydrogen-bond acceptors (Lipinski definition) is 1. The molecule has 3 aromatic heterocycles. The van der Waals surface area contributed by atoms with Gasteiger partial charge in [0.15, 0.2) is 0 Å². The van der Waals surface area contributed by atoms with Crippen LogP contribution in [-0.2, 0) is 19.3 Å². The van der Waals surface area contributed by atoms with Gasteiger partial charge in [-0.15, -0.1) is 0 Å². The van der Waals surface area contributed by atoms with Crippen molar-refractivity contribution < 1.29 is 0 Å². The molecule has 0 atom stereocenters. The topological polar surface area (TPSA) is 59.7 Å². The van der Waals surface area contributed by atoms with E-state index in [4.69, 9.17) is 4.99 Å². The second-order valence-corrected chi connectivity index (χ2v) is 6.49. The molecule has 0 spiro atoms. The van der Waals surface area contributed by atoms with Crippen molar-refractivity contribution >= 4 is 11.8 Å². The van der Waals surface area contributed by atoms with Crippen LogP contribution >= 0.6 is 0 Å². The van der Waals surface area contributed by atoms with E-state index in [1.807, 2.05) is 0 Å². The first-order chi connectivity index (χ1) is 11.8. The number of fused-ring (bicyclic) bond motifs is 7. The molecule has 3 N–H and O–H groups in total. The second kappa shape index (κ2) is 5.27. The SMILES string of the molecule is C1=C/C2=C/c3ccc([nH]3)Cc3ccc([nH]3)Cc3ccc([nH]3)CC1=N2. The van der Waals surface area contributed by atoms with Crippen molar-refractivity contribution in [2.75, 3.05) is 0 Å². The minimum absolute atomic E-state index is 0.833. The summed E-state index contributed by atoms with van der Waals surface area (Å²) in [6.45, 7) is 0. The summed E-state index contributed by atoms with van der Waals surface area (Å²) < 4.78 is 0. The van der Waals surface area contributed by atoms with E-state index < -0.39 is 0 Å². The Balaban J connectivity index is 1.57. The molecule has 0 saturated carbocycles. The molecule has 4 nitrogen and oxygen atoms in total. The predicted octanol–water partition coefficient (Wildman–Crippen LogP) is 3.76. The maximum Gasteiger partial charge on any atom is 0.0654 e. The summed E-state index contributed by atoms with van der Waals surface area (Å²) in [4.78, 5) is 15.2. The lowest BCUT2D eigenvalue weighted by molar-refractivity contribution is 0.986. The summed E-state index contributed by atoms with van der Waals surface area (Å²) in [7, 11) is 0. The molecule has 3 aromatic rings. The summed E-state index contributed by atoms with van der Waals surface area (Å²) in [5, 5.41) is 0. The lowest BCUT2D eigenvalue weighted by Gasteiger charge is -2.00. The quantitative estimate of drug-likeness (QED) is 0.566. The molecule has 4 heteroatoms. The number of nitrogens with one attached hydrogen (secondary N) is 3. The number of nitrogens with zero attached hydrogens (tertiary/aromatic N) is 1. The first-order valence-electron chi connectivity index (χ1n) is 8.29. The number of rotatable bonds is 0. The second-order valence-electron chi connectivity index (χ2n) is 6.49. The highest BCUT2D eigenvalue weighted by atomic mass is 14.8. The number of aromatic amines is 3. The average Bonchev–Trinajstić information content (AvgIpc) is 3.32. The van der Waals surface area contributed by atoms with Gasteiger partial charge in [0.05, 0.1) is 5.70 Å². The summed E-state index contributed by atoms with van der Waals surface area (Å²) in [5.74, 6) is 0. The Morgan fingerprint density at radius 1 is 0.625 bits per heavy atom. The summed E-state index contributed by atoms with van der Waals surface area (Å²) in [5.41, 5.74) is 9.28. The highest BCUT2D eigenvalue weighted by Crippen LogP contribution is 2.19. The first-order valence-corrected chi connectivity index (χ1v) is 8.29. The minimum Gasteiger partial charge on any atom is -0.362 e. The highest BCUT2D eigenvalue weighted by Gasteiger charge is 2.10. The Morgan fingerprint density at radius 2 is 1.21 bits per heavy atom. The van der Waals surface area contributed by atoms with Crippen LogP contribution in [0.1, 0.15) is 34.2 Å². The molecule has 0 amide bonds. The number of allylic oxidation sites excluding steroid dienone is 2. The van der Waals surface area contributed by atoms with Gasteiger partial charge in [-0.25, -0.2) is 0 Å². The van der Waals surface area contributed by atoms with Crippen LogP contribution in [-0.4, -0.2) is 20.7 Å². The van der Waals surface area contributed by atoms with E-state index in [2.05, 4.69) is 69.6 Å². The molecule has 0 fully saturated rings. The van der Waals surface area contributed by atoms with Gasteiger partial charge < -0.3 is 15.0 Å². The molecule has 118 valence electrons. The first kappa shape index (κ1) is 13.4. The molecule has 0 aromatic carbocycles.